The molecule has 0 aliphatic heterocycles. The van der Waals surface area contributed by atoms with E-state index in [2.05, 4.69) is 10.5 Å². The minimum atomic E-state index is -3.40. The average Bonchev–Trinajstić information content (AvgIpc) is 2.92. The van der Waals surface area contributed by atoms with Crippen LogP contribution in [-0.2, 0) is 10.0 Å². The summed E-state index contributed by atoms with van der Waals surface area (Å²) < 4.78 is 30.0. The van der Waals surface area contributed by atoms with Gasteiger partial charge in [0.25, 0.3) is 0 Å². The second-order valence-electron chi connectivity index (χ2n) is 4.20. The van der Waals surface area contributed by atoms with Gasteiger partial charge in [0.1, 0.15) is 5.76 Å². The van der Waals surface area contributed by atoms with Crippen LogP contribution in [0.4, 0.5) is 5.69 Å². The molecule has 2 rings (SSSR count). The van der Waals surface area contributed by atoms with Gasteiger partial charge < -0.3 is 4.42 Å². The van der Waals surface area contributed by atoms with Gasteiger partial charge in [-0.2, -0.15) is 5.10 Å². The van der Waals surface area contributed by atoms with Gasteiger partial charge in [0.05, 0.1) is 23.1 Å². The van der Waals surface area contributed by atoms with Crippen LogP contribution in [-0.4, -0.2) is 33.0 Å². The van der Waals surface area contributed by atoms with Gasteiger partial charge in [-0.15, -0.1) is 0 Å². The summed E-state index contributed by atoms with van der Waals surface area (Å²) in [4.78, 5) is 0.239. The van der Waals surface area contributed by atoms with Gasteiger partial charge in [-0.3, -0.25) is 5.43 Å². The van der Waals surface area contributed by atoms with Crippen LogP contribution in [0.25, 0.3) is 0 Å². The van der Waals surface area contributed by atoms with Crippen molar-refractivity contribution in [2.24, 2.45) is 5.10 Å². The first kappa shape index (κ1) is 14.3. The smallest absolute Gasteiger partial charge is 0.242 e. The number of nitrogens with one attached hydrogen (secondary N) is 1. The zero-order valence-electron chi connectivity index (χ0n) is 11.1. The third-order valence-electron chi connectivity index (χ3n) is 2.56. The quantitative estimate of drug-likeness (QED) is 0.675. The fourth-order valence-electron chi connectivity index (χ4n) is 1.45. The zero-order chi connectivity index (χ0) is 14.6. The minimum absolute atomic E-state index is 0.239. The van der Waals surface area contributed by atoms with Gasteiger partial charge in [0.15, 0.2) is 0 Å². The highest BCUT2D eigenvalue weighted by Crippen LogP contribution is 2.16. The Morgan fingerprint density at radius 2 is 1.90 bits per heavy atom. The van der Waals surface area contributed by atoms with Crippen molar-refractivity contribution in [3.63, 3.8) is 0 Å². The highest BCUT2D eigenvalue weighted by Gasteiger charge is 2.16. The summed E-state index contributed by atoms with van der Waals surface area (Å²) in [6.07, 6.45) is 3.09. The Balaban J connectivity index is 2.06. The maximum Gasteiger partial charge on any atom is 0.242 e. The van der Waals surface area contributed by atoms with Crippen molar-refractivity contribution in [1.82, 2.24) is 4.31 Å². The zero-order valence-corrected chi connectivity index (χ0v) is 12.0. The lowest BCUT2D eigenvalue weighted by Crippen LogP contribution is -2.22. The Morgan fingerprint density at radius 1 is 1.20 bits per heavy atom. The molecule has 0 saturated heterocycles. The van der Waals surface area contributed by atoms with E-state index in [0.717, 1.165) is 0 Å². The number of hydrazone groups is 1. The molecular formula is C13H15N3O3S. The van der Waals surface area contributed by atoms with Crippen molar-refractivity contribution >= 4 is 21.9 Å². The molecule has 0 saturated carbocycles. The molecule has 0 atom stereocenters. The predicted octanol–water partition coefficient (Wildman–Crippen LogP) is 1.98. The molecule has 1 aromatic heterocycles. The van der Waals surface area contributed by atoms with E-state index in [1.165, 1.54) is 36.7 Å². The van der Waals surface area contributed by atoms with Crippen LogP contribution in [0.15, 0.2) is 57.1 Å². The Kier molecular flexibility index (Phi) is 4.21. The van der Waals surface area contributed by atoms with Crippen molar-refractivity contribution < 1.29 is 12.8 Å². The van der Waals surface area contributed by atoms with Crippen molar-refractivity contribution in [3.8, 4) is 0 Å². The van der Waals surface area contributed by atoms with Gasteiger partial charge in [0.2, 0.25) is 10.0 Å². The number of sulfonamides is 1. The Morgan fingerprint density at radius 3 is 2.45 bits per heavy atom. The van der Waals surface area contributed by atoms with Crippen LogP contribution in [0.1, 0.15) is 5.76 Å². The van der Waals surface area contributed by atoms with E-state index in [4.69, 9.17) is 4.42 Å². The summed E-state index contributed by atoms with van der Waals surface area (Å²) in [7, 11) is -0.407. The molecule has 0 fully saturated rings. The van der Waals surface area contributed by atoms with Crippen LogP contribution in [0.3, 0.4) is 0 Å². The second kappa shape index (κ2) is 5.89. The maximum absolute atomic E-state index is 11.9. The van der Waals surface area contributed by atoms with Gasteiger partial charge in [-0.1, -0.05) is 0 Å². The molecule has 106 valence electrons. The van der Waals surface area contributed by atoms with E-state index >= 15 is 0 Å². The van der Waals surface area contributed by atoms with Crippen molar-refractivity contribution in [2.75, 3.05) is 19.5 Å². The number of hydrogen-bond donors (Lipinski definition) is 1. The number of furan rings is 1. The second-order valence-corrected chi connectivity index (χ2v) is 6.35. The third-order valence-corrected chi connectivity index (χ3v) is 4.39. The molecule has 0 aliphatic rings. The van der Waals surface area contributed by atoms with E-state index in [9.17, 15) is 8.42 Å². The number of nitrogens with zero attached hydrogens (tertiary/aromatic N) is 2. The summed E-state index contributed by atoms with van der Waals surface area (Å²) in [5, 5.41) is 3.98. The van der Waals surface area contributed by atoms with Crippen molar-refractivity contribution in [1.29, 1.82) is 0 Å². The fraction of sp³-hybridized carbons (Fsp3) is 0.154. The third kappa shape index (κ3) is 3.25. The topological polar surface area (TPSA) is 74.9 Å². The van der Waals surface area contributed by atoms with Gasteiger partial charge in [0, 0.05) is 14.1 Å². The first-order valence-electron chi connectivity index (χ1n) is 5.85. The highest BCUT2D eigenvalue weighted by molar-refractivity contribution is 7.89. The van der Waals surface area contributed by atoms with Gasteiger partial charge in [-0.25, -0.2) is 12.7 Å². The molecule has 0 unspecified atom stereocenters. The van der Waals surface area contributed by atoms with Crippen LogP contribution < -0.4 is 5.43 Å². The SMILES string of the molecule is CN(C)S(=O)(=O)c1ccc(NN=Cc2ccco2)cc1. The first-order valence-corrected chi connectivity index (χ1v) is 7.29. The van der Waals surface area contributed by atoms with E-state index < -0.39 is 10.0 Å². The summed E-state index contributed by atoms with van der Waals surface area (Å²) in [6, 6.07) is 9.89. The Bertz CT molecular complexity index is 674. The van der Waals surface area contributed by atoms with Crippen molar-refractivity contribution in [2.45, 2.75) is 4.90 Å². The van der Waals surface area contributed by atoms with Gasteiger partial charge in [-0.05, 0) is 36.4 Å². The molecule has 0 radical (unpaired) electrons. The Hall–Kier alpha value is -2.12. The average molecular weight is 293 g/mol. The lowest BCUT2D eigenvalue weighted by Gasteiger charge is -2.11. The normalized spacial score (nSPS) is 12.2. The Labute approximate surface area is 117 Å². The first-order chi connectivity index (χ1) is 9.50. The molecule has 0 amide bonds. The summed E-state index contributed by atoms with van der Waals surface area (Å²) in [6.45, 7) is 0. The number of anilines is 1. The highest BCUT2D eigenvalue weighted by atomic mass is 32.2. The maximum atomic E-state index is 11.9. The number of hydrogen-bond acceptors (Lipinski definition) is 5. The summed E-state index contributed by atoms with van der Waals surface area (Å²) in [5.41, 5.74) is 3.48. The lowest BCUT2D eigenvalue weighted by atomic mass is 10.3. The molecule has 7 heteroatoms. The van der Waals surface area contributed by atoms with Gasteiger partial charge >= 0.3 is 0 Å². The largest absolute Gasteiger partial charge is 0.463 e. The van der Waals surface area contributed by atoms with Crippen LogP contribution in [0.5, 0.6) is 0 Å². The summed E-state index contributed by atoms with van der Waals surface area (Å²) >= 11 is 0. The van der Waals surface area contributed by atoms with E-state index in [1.807, 2.05) is 0 Å². The monoisotopic (exact) mass is 293 g/mol. The van der Waals surface area contributed by atoms with Crippen LogP contribution >= 0.6 is 0 Å². The standard InChI is InChI=1S/C13H15N3O3S/c1-16(2)20(17,18)13-7-5-11(6-8-13)15-14-10-12-4-3-9-19-12/h3-10,15H,1-2H3. The molecule has 0 aliphatic carbocycles. The number of benzene rings is 1. The molecule has 1 N–H and O–H groups in total. The number of rotatable bonds is 5. The molecule has 1 aromatic carbocycles. The molecule has 0 spiro atoms. The minimum Gasteiger partial charge on any atom is -0.463 e. The molecule has 6 nitrogen and oxygen atoms in total. The molecule has 0 bridgehead atoms. The lowest BCUT2D eigenvalue weighted by molar-refractivity contribution is 0.521. The molecular weight excluding hydrogens is 278 g/mol. The fourth-order valence-corrected chi connectivity index (χ4v) is 2.35. The molecule has 2 aromatic rings. The molecule has 1 heterocycles. The molecule has 20 heavy (non-hydrogen) atoms. The van der Waals surface area contributed by atoms with E-state index in [1.54, 1.807) is 30.5 Å². The summed E-state index contributed by atoms with van der Waals surface area (Å²) in [5.74, 6) is 0.629. The predicted molar refractivity (Wildman–Crippen MR) is 77.2 cm³/mol. The van der Waals surface area contributed by atoms with Crippen LogP contribution in [0, 0.1) is 0 Å². The van der Waals surface area contributed by atoms with E-state index in [-0.39, 0.29) is 4.90 Å². The van der Waals surface area contributed by atoms with E-state index in [0.29, 0.717) is 11.4 Å². The van der Waals surface area contributed by atoms with Crippen molar-refractivity contribution in [3.05, 3.63) is 48.4 Å². The van der Waals surface area contributed by atoms with Crippen LogP contribution in [0.2, 0.25) is 0 Å².